The maximum Gasteiger partial charge on any atom is 0.221 e. The van der Waals surface area contributed by atoms with E-state index in [1.807, 2.05) is 18.3 Å². The van der Waals surface area contributed by atoms with Crippen LogP contribution in [0.2, 0.25) is 0 Å². The molecule has 0 saturated heterocycles. The number of hydrogen-bond acceptors (Lipinski definition) is 3. The van der Waals surface area contributed by atoms with E-state index in [-0.39, 0.29) is 0 Å². The minimum absolute atomic E-state index is 0.457. The van der Waals surface area contributed by atoms with Crippen molar-refractivity contribution in [2.24, 2.45) is 0 Å². The van der Waals surface area contributed by atoms with Crippen molar-refractivity contribution in [2.45, 2.75) is 39.3 Å². The summed E-state index contributed by atoms with van der Waals surface area (Å²) < 4.78 is 5.82. The van der Waals surface area contributed by atoms with E-state index in [4.69, 9.17) is 4.74 Å². The molecule has 0 aliphatic carbocycles. The lowest BCUT2D eigenvalue weighted by atomic mass is 10.1. The molecule has 21 heavy (non-hydrogen) atoms. The van der Waals surface area contributed by atoms with Crippen LogP contribution in [0.4, 0.5) is 0 Å². The Kier molecular flexibility index (Phi) is 5.76. The van der Waals surface area contributed by atoms with Gasteiger partial charge in [0.2, 0.25) is 5.88 Å². The van der Waals surface area contributed by atoms with Gasteiger partial charge in [-0.15, -0.1) is 6.58 Å². The maximum atomic E-state index is 5.82. The molecule has 1 heterocycles. The van der Waals surface area contributed by atoms with Crippen molar-refractivity contribution in [3.63, 3.8) is 0 Å². The molecule has 3 heteroatoms. The molecule has 1 aromatic carbocycles. The zero-order valence-corrected chi connectivity index (χ0v) is 12.9. The van der Waals surface area contributed by atoms with Crippen LogP contribution in [-0.2, 0) is 6.54 Å². The molecule has 0 spiro atoms. The van der Waals surface area contributed by atoms with E-state index in [0.717, 1.165) is 30.7 Å². The number of fused-ring (bicyclic) bond motifs is 1. The van der Waals surface area contributed by atoms with Crippen molar-refractivity contribution in [1.29, 1.82) is 0 Å². The van der Waals surface area contributed by atoms with Gasteiger partial charge in [-0.2, -0.15) is 0 Å². The molecule has 1 aromatic heterocycles. The fourth-order valence-corrected chi connectivity index (χ4v) is 2.19. The normalized spacial score (nSPS) is 11.0. The highest BCUT2D eigenvalue weighted by Crippen LogP contribution is 2.26. The van der Waals surface area contributed by atoms with Crippen LogP contribution in [0, 0.1) is 0 Å². The summed E-state index contributed by atoms with van der Waals surface area (Å²) >= 11 is 0. The lowest BCUT2D eigenvalue weighted by Gasteiger charge is -2.13. The summed E-state index contributed by atoms with van der Waals surface area (Å²) in [6.45, 7) is 9.51. The number of allylic oxidation sites excluding steroid dienone is 1. The third kappa shape index (κ3) is 4.30. The van der Waals surface area contributed by atoms with Crippen LogP contribution < -0.4 is 10.1 Å². The summed E-state index contributed by atoms with van der Waals surface area (Å²) in [5.41, 5.74) is 1.21. The Hall–Kier alpha value is -1.87. The number of ether oxygens (including phenoxy) is 1. The Morgan fingerprint density at radius 3 is 2.76 bits per heavy atom. The summed E-state index contributed by atoms with van der Waals surface area (Å²) in [5, 5.41) is 5.73. The van der Waals surface area contributed by atoms with Crippen LogP contribution in [0.15, 0.2) is 43.1 Å². The van der Waals surface area contributed by atoms with E-state index in [0.29, 0.717) is 12.6 Å². The van der Waals surface area contributed by atoms with Gasteiger partial charge in [0.15, 0.2) is 0 Å². The SMILES string of the molecule is C=CCCCOc1ncc(CNC(C)C)c2ccccc12. The number of aromatic nitrogens is 1. The van der Waals surface area contributed by atoms with E-state index in [1.165, 1.54) is 10.9 Å². The first-order chi connectivity index (χ1) is 10.2. The van der Waals surface area contributed by atoms with Crippen LogP contribution in [-0.4, -0.2) is 17.6 Å². The first-order valence-electron chi connectivity index (χ1n) is 7.56. The average Bonchev–Trinajstić information content (AvgIpc) is 2.50. The minimum Gasteiger partial charge on any atom is -0.477 e. The fourth-order valence-electron chi connectivity index (χ4n) is 2.19. The van der Waals surface area contributed by atoms with E-state index in [9.17, 15) is 0 Å². The molecule has 112 valence electrons. The van der Waals surface area contributed by atoms with E-state index < -0.39 is 0 Å². The predicted molar refractivity (Wildman–Crippen MR) is 88.6 cm³/mol. The smallest absolute Gasteiger partial charge is 0.221 e. The van der Waals surface area contributed by atoms with Crippen LogP contribution >= 0.6 is 0 Å². The van der Waals surface area contributed by atoms with E-state index in [1.54, 1.807) is 0 Å². The van der Waals surface area contributed by atoms with E-state index in [2.05, 4.69) is 48.9 Å². The second kappa shape index (κ2) is 7.79. The Morgan fingerprint density at radius 2 is 2.05 bits per heavy atom. The van der Waals surface area contributed by atoms with Crippen molar-refractivity contribution in [3.05, 3.63) is 48.7 Å². The lowest BCUT2D eigenvalue weighted by Crippen LogP contribution is -2.22. The highest BCUT2D eigenvalue weighted by atomic mass is 16.5. The van der Waals surface area contributed by atoms with Crippen molar-refractivity contribution >= 4 is 10.8 Å². The molecule has 0 saturated carbocycles. The van der Waals surface area contributed by atoms with Gasteiger partial charge in [0.25, 0.3) is 0 Å². The molecule has 1 N–H and O–H groups in total. The second-order valence-corrected chi connectivity index (χ2v) is 5.45. The summed E-state index contributed by atoms with van der Waals surface area (Å²) in [5.74, 6) is 0.725. The number of hydrogen-bond donors (Lipinski definition) is 1. The molecule has 3 nitrogen and oxygen atoms in total. The second-order valence-electron chi connectivity index (χ2n) is 5.45. The molecule has 0 unspecified atom stereocenters. The summed E-state index contributed by atoms with van der Waals surface area (Å²) in [7, 11) is 0. The largest absolute Gasteiger partial charge is 0.477 e. The third-order valence-corrected chi connectivity index (χ3v) is 3.33. The minimum atomic E-state index is 0.457. The van der Waals surface area contributed by atoms with Gasteiger partial charge in [-0.1, -0.05) is 38.1 Å². The topological polar surface area (TPSA) is 34.1 Å². The molecule has 0 atom stereocenters. The molecule has 0 bridgehead atoms. The van der Waals surface area contributed by atoms with Gasteiger partial charge in [0, 0.05) is 24.2 Å². The first-order valence-corrected chi connectivity index (χ1v) is 7.56. The lowest BCUT2D eigenvalue weighted by molar-refractivity contribution is 0.304. The Morgan fingerprint density at radius 1 is 1.29 bits per heavy atom. The number of nitrogens with zero attached hydrogens (tertiary/aromatic N) is 1. The Labute approximate surface area is 127 Å². The van der Waals surface area contributed by atoms with E-state index >= 15 is 0 Å². The number of pyridine rings is 1. The summed E-state index contributed by atoms with van der Waals surface area (Å²) in [6.07, 6.45) is 5.76. The highest BCUT2D eigenvalue weighted by molar-refractivity contribution is 5.89. The fraction of sp³-hybridized carbons (Fsp3) is 0.389. The van der Waals surface area contributed by atoms with Crippen molar-refractivity contribution < 1.29 is 4.74 Å². The van der Waals surface area contributed by atoms with Gasteiger partial charge in [-0.3, -0.25) is 0 Å². The van der Waals surface area contributed by atoms with Gasteiger partial charge < -0.3 is 10.1 Å². The molecule has 0 aliphatic rings. The van der Waals surface area contributed by atoms with Gasteiger partial charge in [0.1, 0.15) is 0 Å². The quantitative estimate of drug-likeness (QED) is 0.586. The predicted octanol–water partition coefficient (Wildman–Crippen LogP) is 4.08. The molecule has 0 amide bonds. The average molecular weight is 284 g/mol. The molecule has 2 aromatic rings. The van der Waals surface area contributed by atoms with Crippen molar-refractivity contribution in [3.8, 4) is 5.88 Å². The number of unbranched alkanes of at least 4 members (excludes halogenated alkanes) is 1. The molecular formula is C18H24N2O. The molecule has 0 radical (unpaired) electrons. The number of nitrogens with one attached hydrogen (secondary N) is 1. The van der Waals surface area contributed by atoms with Gasteiger partial charge >= 0.3 is 0 Å². The molecule has 0 fully saturated rings. The van der Waals surface area contributed by atoms with Crippen LogP contribution in [0.5, 0.6) is 5.88 Å². The van der Waals surface area contributed by atoms with Crippen LogP contribution in [0.1, 0.15) is 32.3 Å². The number of rotatable bonds is 8. The maximum absolute atomic E-state index is 5.82. The standard InChI is InChI=1S/C18H24N2O/c1-4-5-8-11-21-18-17-10-7-6-9-16(17)15(13-20-18)12-19-14(2)3/h4,6-7,9-10,13-14,19H,1,5,8,11-12H2,2-3H3. The summed E-state index contributed by atoms with van der Waals surface area (Å²) in [4.78, 5) is 4.49. The first kappa shape index (κ1) is 15.5. The monoisotopic (exact) mass is 284 g/mol. The third-order valence-electron chi connectivity index (χ3n) is 3.33. The van der Waals surface area contributed by atoms with Crippen LogP contribution in [0.25, 0.3) is 10.8 Å². The Balaban J connectivity index is 2.20. The van der Waals surface area contributed by atoms with Crippen molar-refractivity contribution in [1.82, 2.24) is 10.3 Å². The van der Waals surface area contributed by atoms with Gasteiger partial charge in [0.05, 0.1) is 6.61 Å². The van der Waals surface area contributed by atoms with Crippen molar-refractivity contribution in [2.75, 3.05) is 6.61 Å². The molecule has 0 aliphatic heterocycles. The van der Waals surface area contributed by atoms with Gasteiger partial charge in [-0.05, 0) is 29.9 Å². The summed E-state index contributed by atoms with van der Waals surface area (Å²) in [6, 6.07) is 8.75. The Bertz CT molecular complexity index is 593. The zero-order chi connectivity index (χ0) is 15.1. The van der Waals surface area contributed by atoms with Crippen LogP contribution in [0.3, 0.4) is 0 Å². The molecular weight excluding hydrogens is 260 g/mol. The zero-order valence-electron chi connectivity index (χ0n) is 12.9. The molecule has 2 rings (SSSR count). The van der Waals surface area contributed by atoms with Gasteiger partial charge in [-0.25, -0.2) is 4.98 Å². The highest BCUT2D eigenvalue weighted by Gasteiger charge is 2.08. The number of benzene rings is 1.